The molecule has 5 heteroatoms. The Hall–Kier alpha value is -2.09. The van der Waals surface area contributed by atoms with Crippen LogP contribution in [0.2, 0.25) is 0 Å². The van der Waals surface area contributed by atoms with Gasteiger partial charge in [-0.25, -0.2) is 4.98 Å². The van der Waals surface area contributed by atoms with E-state index in [0.29, 0.717) is 5.56 Å². The van der Waals surface area contributed by atoms with Crippen LogP contribution in [0.1, 0.15) is 24.1 Å². The minimum atomic E-state index is 0.0986. The molecule has 0 unspecified atom stereocenters. The molecule has 19 heavy (non-hydrogen) atoms. The third-order valence-electron chi connectivity index (χ3n) is 3.51. The van der Waals surface area contributed by atoms with Crippen molar-refractivity contribution in [2.75, 3.05) is 25.0 Å². The predicted molar refractivity (Wildman–Crippen MR) is 72.7 cm³/mol. The van der Waals surface area contributed by atoms with E-state index in [-0.39, 0.29) is 11.8 Å². The topological polar surface area (TPSA) is 69.0 Å². The molecule has 0 aromatic carbocycles. The molecule has 1 aliphatic rings. The number of pyridine rings is 1. The SMILES string of the molecule is CNC(=O)C1CCN(c2cc(C#N)cc(C)n2)CC1. The normalized spacial score (nSPS) is 15.9. The number of piperidine rings is 1. The van der Waals surface area contributed by atoms with Crippen molar-refractivity contribution in [1.82, 2.24) is 10.3 Å². The Labute approximate surface area is 113 Å². The second-order valence-corrected chi connectivity index (χ2v) is 4.84. The van der Waals surface area contributed by atoms with Gasteiger partial charge in [0.1, 0.15) is 5.82 Å². The zero-order valence-electron chi connectivity index (χ0n) is 11.3. The summed E-state index contributed by atoms with van der Waals surface area (Å²) >= 11 is 0. The number of anilines is 1. The van der Waals surface area contributed by atoms with Crippen LogP contribution in [0.3, 0.4) is 0 Å². The number of nitrogens with one attached hydrogen (secondary N) is 1. The molecule has 0 aliphatic carbocycles. The highest BCUT2D eigenvalue weighted by Crippen LogP contribution is 2.23. The number of rotatable bonds is 2. The average Bonchev–Trinajstić information content (AvgIpc) is 2.46. The Morgan fingerprint density at radius 3 is 2.74 bits per heavy atom. The number of hydrogen-bond donors (Lipinski definition) is 1. The molecule has 1 fully saturated rings. The number of aryl methyl sites for hydroxylation is 1. The number of nitriles is 1. The molecule has 0 atom stereocenters. The average molecular weight is 258 g/mol. The first-order valence-corrected chi connectivity index (χ1v) is 6.49. The van der Waals surface area contributed by atoms with Gasteiger partial charge in [-0.05, 0) is 31.9 Å². The summed E-state index contributed by atoms with van der Waals surface area (Å²) in [5.74, 6) is 1.06. The fraction of sp³-hybridized carbons (Fsp3) is 0.500. The molecule has 1 aromatic rings. The van der Waals surface area contributed by atoms with Gasteiger partial charge in [0, 0.05) is 31.7 Å². The van der Waals surface area contributed by atoms with E-state index in [1.54, 1.807) is 13.1 Å². The number of carbonyl (C=O) groups is 1. The van der Waals surface area contributed by atoms with Crippen molar-refractivity contribution < 1.29 is 4.79 Å². The van der Waals surface area contributed by atoms with Gasteiger partial charge in [0.05, 0.1) is 11.6 Å². The van der Waals surface area contributed by atoms with E-state index in [4.69, 9.17) is 5.26 Å². The Morgan fingerprint density at radius 2 is 2.16 bits per heavy atom. The summed E-state index contributed by atoms with van der Waals surface area (Å²) in [5, 5.41) is 11.7. The summed E-state index contributed by atoms with van der Waals surface area (Å²) < 4.78 is 0. The first-order chi connectivity index (χ1) is 9.13. The monoisotopic (exact) mass is 258 g/mol. The van der Waals surface area contributed by atoms with E-state index >= 15 is 0 Å². The number of aromatic nitrogens is 1. The van der Waals surface area contributed by atoms with Crippen LogP contribution in [-0.2, 0) is 4.79 Å². The van der Waals surface area contributed by atoms with Crippen LogP contribution in [0.25, 0.3) is 0 Å². The Morgan fingerprint density at radius 1 is 1.47 bits per heavy atom. The highest BCUT2D eigenvalue weighted by molar-refractivity contribution is 5.78. The fourth-order valence-electron chi connectivity index (χ4n) is 2.45. The lowest BCUT2D eigenvalue weighted by Gasteiger charge is -2.32. The fourth-order valence-corrected chi connectivity index (χ4v) is 2.45. The maximum absolute atomic E-state index is 11.6. The molecular weight excluding hydrogens is 240 g/mol. The number of carbonyl (C=O) groups excluding carboxylic acids is 1. The van der Waals surface area contributed by atoms with Crippen molar-refractivity contribution >= 4 is 11.7 Å². The molecule has 1 amide bonds. The molecule has 1 saturated heterocycles. The molecule has 2 rings (SSSR count). The highest BCUT2D eigenvalue weighted by Gasteiger charge is 2.24. The van der Waals surface area contributed by atoms with Crippen molar-refractivity contribution in [2.45, 2.75) is 19.8 Å². The van der Waals surface area contributed by atoms with Crippen molar-refractivity contribution in [2.24, 2.45) is 5.92 Å². The third-order valence-corrected chi connectivity index (χ3v) is 3.51. The summed E-state index contributed by atoms with van der Waals surface area (Å²) in [6, 6.07) is 5.74. The van der Waals surface area contributed by atoms with Gasteiger partial charge in [-0.2, -0.15) is 5.26 Å². The third kappa shape index (κ3) is 3.02. The van der Waals surface area contributed by atoms with Gasteiger partial charge in [-0.15, -0.1) is 0 Å². The molecule has 1 aliphatic heterocycles. The van der Waals surface area contributed by atoms with Gasteiger partial charge in [0.25, 0.3) is 0 Å². The lowest BCUT2D eigenvalue weighted by atomic mass is 9.96. The number of hydrogen-bond acceptors (Lipinski definition) is 4. The van der Waals surface area contributed by atoms with Crippen molar-refractivity contribution in [3.05, 3.63) is 23.4 Å². The first-order valence-electron chi connectivity index (χ1n) is 6.49. The molecule has 2 heterocycles. The highest BCUT2D eigenvalue weighted by atomic mass is 16.1. The first kappa shape index (κ1) is 13.3. The largest absolute Gasteiger partial charge is 0.359 e. The predicted octanol–water partition coefficient (Wildman–Crippen LogP) is 1.22. The lowest BCUT2D eigenvalue weighted by Crippen LogP contribution is -2.40. The van der Waals surface area contributed by atoms with E-state index in [1.807, 2.05) is 13.0 Å². The van der Waals surface area contributed by atoms with Crippen LogP contribution in [0.15, 0.2) is 12.1 Å². The van der Waals surface area contributed by atoms with Crippen LogP contribution in [0.4, 0.5) is 5.82 Å². The molecule has 5 nitrogen and oxygen atoms in total. The lowest BCUT2D eigenvalue weighted by molar-refractivity contribution is -0.125. The second-order valence-electron chi connectivity index (χ2n) is 4.84. The summed E-state index contributed by atoms with van der Waals surface area (Å²) in [6.07, 6.45) is 1.66. The summed E-state index contributed by atoms with van der Waals surface area (Å²) in [7, 11) is 1.68. The van der Waals surface area contributed by atoms with Crippen molar-refractivity contribution in [3.8, 4) is 6.07 Å². The summed E-state index contributed by atoms with van der Waals surface area (Å²) in [4.78, 5) is 18.2. The zero-order valence-corrected chi connectivity index (χ0v) is 11.3. The second kappa shape index (κ2) is 5.70. The Balaban J connectivity index is 2.08. The number of amides is 1. The minimum Gasteiger partial charge on any atom is -0.359 e. The van der Waals surface area contributed by atoms with Crippen molar-refractivity contribution in [3.63, 3.8) is 0 Å². The maximum Gasteiger partial charge on any atom is 0.222 e. The van der Waals surface area contributed by atoms with E-state index in [2.05, 4.69) is 21.3 Å². The Bertz CT molecular complexity index is 513. The smallest absolute Gasteiger partial charge is 0.222 e. The van der Waals surface area contributed by atoms with Crippen LogP contribution < -0.4 is 10.2 Å². The quantitative estimate of drug-likeness (QED) is 0.866. The van der Waals surface area contributed by atoms with Gasteiger partial charge in [-0.1, -0.05) is 0 Å². The summed E-state index contributed by atoms with van der Waals surface area (Å²) in [6.45, 7) is 3.50. The van der Waals surface area contributed by atoms with Crippen LogP contribution in [-0.4, -0.2) is 31.0 Å². The molecule has 0 saturated carbocycles. The van der Waals surface area contributed by atoms with E-state index in [1.165, 1.54) is 0 Å². The van der Waals surface area contributed by atoms with Crippen LogP contribution >= 0.6 is 0 Å². The molecule has 0 spiro atoms. The standard InChI is InChI=1S/C14H18N4O/c1-10-7-11(9-15)8-13(17-10)18-5-3-12(4-6-18)14(19)16-2/h7-8,12H,3-6H2,1-2H3,(H,16,19). The van der Waals surface area contributed by atoms with Gasteiger partial charge < -0.3 is 10.2 Å². The van der Waals surface area contributed by atoms with Gasteiger partial charge in [0.2, 0.25) is 5.91 Å². The molecule has 1 aromatic heterocycles. The number of nitrogens with zero attached hydrogens (tertiary/aromatic N) is 3. The Kier molecular flexibility index (Phi) is 4.00. The van der Waals surface area contributed by atoms with Gasteiger partial charge in [0.15, 0.2) is 0 Å². The molecule has 1 N–H and O–H groups in total. The van der Waals surface area contributed by atoms with Gasteiger partial charge >= 0.3 is 0 Å². The van der Waals surface area contributed by atoms with E-state index in [0.717, 1.165) is 37.4 Å². The minimum absolute atomic E-state index is 0.0986. The molecule has 100 valence electrons. The molecular formula is C14H18N4O. The van der Waals surface area contributed by atoms with Gasteiger partial charge in [-0.3, -0.25) is 4.79 Å². The zero-order chi connectivity index (χ0) is 13.8. The molecule has 0 radical (unpaired) electrons. The van der Waals surface area contributed by atoms with Crippen LogP contribution in [0, 0.1) is 24.2 Å². The molecule has 0 bridgehead atoms. The van der Waals surface area contributed by atoms with Crippen molar-refractivity contribution in [1.29, 1.82) is 5.26 Å². The van der Waals surface area contributed by atoms with E-state index < -0.39 is 0 Å². The van der Waals surface area contributed by atoms with Crippen LogP contribution in [0.5, 0.6) is 0 Å². The summed E-state index contributed by atoms with van der Waals surface area (Å²) in [5.41, 5.74) is 1.48. The maximum atomic E-state index is 11.6. The van der Waals surface area contributed by atoms with E-state index in [9.17, 15) is 4.79 Å².